The molecule has 0 aliphatic carbocycles. The van der Waals surface area contributed by atoms with Crippen molar-refractivity contribution in [2.75, 3.05) is 0 Å². The topological polar surface area (TPSA) is 20.2 Å². The predicted molar refractivity (Wildman–Crippen MR) is 42.1 cm³/mol. The third-order valence-electron chi connectivity index (χ3n) is 1.76. The molecule has 1 N–H and O–H groups in total. The predicted octanol–water partition coefficient (Wildman–Crippen LogP) is 2.93. The minimum atomic E-state index is -1.28. The van der Waals surface area contributed by atoms with Crippen LogP contribution in [0.4, 0.5) is 13.2 Å². The molecule has 1 aromatic carbocycles. The van der Waals surface area contributed by atoms with Gasteiger partial charge in [-0.05, 0) is 5.92 Å². The fourth-order valence-corrected chi connectivity index (χ4v) is 1.13. The summed E-state index contributed by atoms with van der Waals surface area (Å²) in [6.45, 7) is 3.08. The second-order valence-electron chi connectivity index (χ2n) is 3.07. The average molecular weight is 190 g/mol. The molecule has 0 unspecified atom stereocenters. The summed E-state index contributed by atoms with van der Waals surface area (Å²) < 4.78 is 38.4. The monoisotopic (exact) mass is 190 g/mol. The Morgan fingerprint density at radius 3 is 2.15 bits per heavy atom. The highest BCUT2D eigenvalue weighted by Crippen LogP contribution is 2.31. The number of benzene rings is 1. The van der Waals surface area contributed by atoms with Crippen LogP contribution in [0.2, 0.25) is 0 Å². The molecule has 0 aromatic heterocycles. The van der Waals surface area contributed by atoms with Crippen molar-refractivity contribution in [3.05, 3.63) is 29.1 Å². The summed E-state index contributed by atoms with van der Waals surface area (Å²) in [6.07, 6.45) is 0. The van der Waals surface area contributed by atoms with E-state index in [0.717, 1.165) is 0 Å². The maximum absolute atomic E-state index is 13.0. The lowest BCUT2D eigenvalue weighted by Gasteiger charge is -2.10. The van der Waals surface area contributed by atoms with Gasteiger partial charge in [0.25, 0.3) is 0 Å². The van der Waals surface area contributed by atoms with Crippen LogP contribution in [0.1, 0.15) is 25.3 Å². The van der Waals surface area contributed by atoms with E-state index in [2.05, 4.69) is 0 Å². The molecule has 0 fully saturated rings. The number of aromatic hydroxyl groups is 1. The summed E-state index contributed by atoms with van der Waals surface area (Å²) in [7, 11) is 0. The van der Waals surface area contributed by atoms with Crippen molar-refractivity contribution in [2.45, 2.75) is 19.8 Å². The molecule has 1 aromatic rings. The van der Waals surface area contributed by atoms with Gasteiger partial charge in [-0.3, -0.25) is 0 Å². The van der Waals surface area contributed by atoms with Crippen LogP contribution in [-0.4, -0.2) is 5.11 Å². The van der Waals surface area contributed by atoms with Gasteiger partial charge in [0, 0.05) is 11.6 Å². The Morgan fingerprint density at radius 1 is 1.15 bits per heavy atom. The molecule has 0 amide bonds. The lowest BCUT2D eigenvalue weighted by Crippen LogP contribution is -1.99. The summed E-state index contributed by atoms with van der Waals surface area (Å²) in [4.78, 5) is 0. The van der Waals surface area contributed by atoms with E-state index in [9.17, 15) is 13.2 Å². The van der Waals surface area contributed by atoms with Gasteiger partial charge in [0.1, 0.15) is 0 Å². The largest absolute Gasteiger partial charge is 0.505 e. The zero-order valence-corrected chi connectivity index (χ0v) is 7.24. The number of phenols is 1. The van der Waals surface area contributed by atoms with Crippen molar-refractivity contribution >= 4 is 0 Å². The molecule has 13 heavy (non-hydrogen) atoms. The molecule has 0 bridgehead atoms. The molecule has 0 heterocycles. The second-order valence-corrected chi connectivity index (χ2v) is 3.07. The van der Waals surface area contributed by atoms with Gasteiger partial charge in [-0.2, -0.15) is 0 Å². The van der Waals surface area contributed by atoms with E-state index in [0.29, 0.717) is 6.07 Å². The third-order valence-corrected chi connectivity index (χ3v) is 1.76. The molecule has 0 spiro atoms. The molecule has 72 valence electrons. The molecule has 0 radical (unpaired) electrons. The molecule has 0 atom stereocenters. The van der Waals surface area contributed by atoms with Crippen LogP contribution >= 0.6 is 0 Å². The minimum absolute atomic E-state index is 0.322. The van der Waals surface area contributed by atoms with E-state index in [1.165, 1.54) is 13.8 Å². The van der Waals surface area contributed by atoms with Crippen molar-refractivity contribution in [3.8, 4) is 5.75 Å². The highest BCUT2D eigenvalue weighted by atomic mass is 19.2. The summed E-state index contributed by atoms with van der Waals surface area (Å²) in [5, 5.41) is 9.09. The molecule has 1 nitrogen and oxygen atoms in total. The van der Waals surface area contributed by atoms with Crippen LogP contribution in [0.15, 0.2) is 6.07 Å². The maximum Gasteiger partial charge on any atom is 0.168 e. The fourth-order valence-electron chi connectivity index (χ4n) is 1.13. The number of hydrogen-bond donors (Lipinski definition) is 1. The van der Waals surface area contributed by atoms with Crippen molar-refractivity contribution < 1.29 is 18.3 Å². The van der Waals surface area contributed by atoms with Crippen LogP contribution in [0.25, 0.3) is 0 Å². The standard InChI is InChI=1S/C9H9F3O/c1-4(2)7-8(12)5(10)3-6(11)9(7)13/h3-4,13H,1-2H3. The fraction of sp³-hybridized carbons (Fsp3) is 0.333. The van der Waals surface area contributed by atoms with Gasteiger partial charge in [0.15, 0.2) is 23.2 Å². The Hall–Kier alpha value is -1.19. The van der Waals surface area contributed by atoms with Crippen molar-refractivity contribution in [2.24, 2.45) is 0 Å². The van der Waals surface area contributed by atoms with Crippen LogP contribution in [-0.2, 0) is 0 Å². The van der Waals surface area contributed by atoms with Crippen LogP contribution in [0, 0.1) is 17.5 Å². The Balaban J connectivity index is 3.46. The maximum atomic E-state index is 13.0. The van der Waals surface area contributed by atoms with Gasteiger partial charge in [-0.1, -0.05) is 13.8 Å². The quantitative estimate of drug-likeness (QED) is 0.675. The molecular weight excluding hydrogens is 181 g/mol. The van der Waals surface area contributed by atoms with Crippen LogP contribution in [0.5, 0.6) is 5.75 Å². The van der Waals surface area contributed by atoms with E-state index in [-0.39, 0.29) is 5.56 Å². The Morgan fingerprint density at radius 2 is 1.69 bits per heavy atom. The van der Waals surface area contributed by atoms with E-state index >= 15 is 0 Å². The molecular formula is C9H9F3O. The van der Waals surface area contributed by atoms with Crippen molar-refractivity contribution in [1.29, 1.82) is 0 Å². The highest BCUT2D eigenvalue weighted by Gasteiger charge is 2.20. The van der Waals surface area contributed by atoms with Gasteiger partial charge >= 0.3 is 0 Å². The molecule has 1 rings (SSSR count). The molecule has 0 saturated carbocycles. The van der Waals surface area contributed by atoms with Gasteiger partial charge in [-0.15, -0.1) is 0 Å². The van der Waals surface area contributed by atoms with Gasteiger partial charge < -0.3 is 5.11 Å². The smallest absolute Gasteiger partial charge is 0.168 e. The summed E-state index contributed by atoms with van der Waals surface area (Å²) >= 11 is 0. The summed E-state index contributed by atoms with van der Waals surface area (Å²) in [5.41, 5.74) is -0.322. The first-order chi connectivity index (χ1) is 5.95. The molecule has 0 aliphatic heterocycles. The van der Waals surface area contributed by atoms with E-state index < -0.39 is 29.1 Å². The lowest BCUT2D eigenvalue weighted by molar-refractivity contribution is 0.398. The highest BCUT2D eigenvalue weighted by molar-refractivity contribution is 5.37. The first-order valence-corrected chi connectivity index (χ1v) is 3.81. The van der Waals surface area contributed by atoms with Crippen LogP contribution < -0.4 is 0 Å². The average Bonchev–Trinajstić information content (AvgIpc) is 2.01. The zero-order chi connectivity index (χ0) is 10.2. The molecule has 4 heteroatoms. The third kappa shape index (κ3) is 1.61. The van der Waals surface area contributed by atoms with E-state index in [1.54, 1.807) is 0 Å². The SMILES string of the molecule is CC(C)c1c(O)c(F)cc(F)c1F. The Kier molecular flexibility index (Phi) is 2.50. The zero-order valence-electron chi connectivity index (χ0n) is 7.24. The lowest BCUT2D eigenvalue weighted by atomic mass is 10.0. The summed E-state index contributed by atoms with van der Waals surface area (Å²) in [5.74, 6) is -4.88. The second kappa shape index (κ2) is 3.28. The molecule has 0 aliphatic rings. The minimum Gasteiger partial charge on any atom is -0.505 e. The van der Waals surface area contributed by atoms with Crippen molar-refractivity contribution in [3.63, 3.8) is 0 Å². The van der Waals surface area contributed by atoms with E-state index in [1.807, 2.05) is 0 Å². The van der Waals surface area contributed by atoms with Gasteiger partial charge in [0.05, 0.1) is 0 Å². The first kappa shape index (κ1) is 9.89. The Bertz CT molecular complexity index is 308. The van der Waals surface area contributed by atoms with Crippen molar-refractivity contribution in [1.82, 2.24) is 0 Å². The number of phenolic OH excluding ortho intramolecular Hbond substituents is 1. The van der Waals surface area contributed by atoms with Gasteiger partial charge in [0.2, 0.25) is 0 Å². The number of hydrogen-bond acceptors (Lipinski definition) is 1. The number of halogens is 3. The first-order valence-electron chi connectivity index (χ1n) is 3.81. The van der Waals surface area contributed by atoms with Gasteiger partial charge in [-0.25, -0.2) is 13.2 Å². The number of rotatable bonds is 1. The molecule has 0 saturated heterocycles. The summed E-state index contributed by atoms with van der Waals surface area (Å²) in [6, 6.07) is 0.330. The van der Waals surface area contributed by atoms with E-state index in [4.69, 9.17) is 5.11 Å². The Labute approximate surface area is 73.8 Å². The van der Waals surface area contributed by atoms with Crippen LogP contribution in [0.3, 0.4) is 0 Å². The normalized spacial score (nSPS) is 10.9.